The SMILES string of the molecule is Cc1ccc(-c2nc(NC(=O)/C=C/c3cccc(F)c3)n[nH]2)cc1. The first-order valence-corrected chi connectivity index (χ1v) is 7.34. The van der Waals surface area contributed by atoms with E-state index in [0.29, 0.717) is 11.4 Å². The van der Waals surface area contributed by atoms with Crippen LogP contribution >= 0.6 is 0 Å². The predicted molar refractivity (Wildman–Crippen MR) is 90.6 cm³/mol. The second kappa shape index (κ2) is 6.87. The van der Waals surface area contributed by atoms with Gasteiger partial charge in [-0.05, 0) is 30.7 Å². The van der Waals surface area contributed by atoms with E-state index >= 15 is 0 Å². The molecule has 0 aliphatic carbocycles. The molecule has 6 heteroatoms. The number of nitrogens with one attached hydrogen (secondary N) is 2. The number of carbonyl (C=O) groups excluding carboxylic acids is 1. The maximum Gasteiger partial charge on any atom is 0.250 e. The van der Waals surface area contributed by atoms with Crippen molar-refractivity contribution in [3.63, 3.8) is 0 Å². The second-order valence-electron chi connectivity index (χ2n) is 5.25. The zero-order chi connectivity index (χ0) is 16.9. The number of aromatic nitrogens is 3. The lowest BCUT2D eigenvalue weighted by Gasteiger charge is -1.97. The number of H-pyrrole nitrogens is 1. The summed E-state index contributed by atoms with van der Waals surface area (Å²) in [6.07, 6.45) is 2.82. The van der Waals surface area contributed by atoms with E-state index in [0.717, 1.165) is 11.1 Å². The lowest BCUT2D eigenvalue weighted by molar-refractivity contribution is -0.111. The lowest BCUT2D eigenvalue weighted by Crippen LogP contribution is -2.09. The largest absolute Gasteiger partial charge is 0.290 e. The Hall–Kier alpha value is -3.28. The van der Waals surface area contributed by atoms with Crippen LogP contribution < -0.4 is 5.32 Å². The van der Waals surface area contributed by atoms with E-state index in [2.05, 4.69) is 20.5 Å². The van der Waals surface area contributed by atoms with Gasteiger partial charge in [-0.25, -0.2) is 4.39 Å². The summed E-state index contributed by atoms with van der Waals surface area (Å²) in [5.41, 5.74) is 2.62. The summed E-state index contributed by atoms with van der Waals surface area (Å²) in [7, 11) is 0. The molecule has 0 unspecified atom stereocenters. The molecule has 0 aliphatic heterocycles. The molecule has 5 nitrogen and oxygen atoms in total. The van der Waals surface area contributed by atoms with Crippen molar-refractivity contribution in [1.82, 2.24) is 15.2 Å². The molecular formula is C18H15FN4O. The standard InChI is InChI=1S/C18H15FN4O/c1-12-5-8-14(9-6-12)17-21-18(23-22-17)20-16(24)10-7-13-3-2-4-15(19)11-13/h2-11H,1H3,(H2,20,21,22,23,24)/b10-7+. The van der Waals surface area contributed by atoms with E-state index < -0.39 is 5.91 Å². The maximum absolute atomic E-state index is 13.1. The Labute approximate surface area is 138 Å². The number of rotatable bonds is 4. The minimum absolute atomic E-state index is 0.180. The summed E-state index contributed by atoms with van der Waals surface area (Å²) in [6.45, 7) is 2.00. The fourth-order valence-electron chi connectivity index (χ4n) is 2.09. The summed E-state index contributed by atoms with van der Waals surface area (Å²) in [5, 5.41) is 9.30. The van der Waals surface area contributed by atoms with Crippen LogP contribution in [0.15, 0.2) is 54.6 Å². The van der Waals surface area contributed by atoms with Gasteiger partial charge in [0.1, 0.15) is 5.82 Å². The quantitative estimate of drug-likeness (QED) is 0.721. The minimum Gasteiger partial charge on any atom is -0.290 e. The highest BCUT2D eigenvalue weighted by Gasteiger charge is 2.07. The van der Waals surface area contributed by atoms with Crippen molar-refractivity contribution in [3.05, 3.63) is 71.6 Å². The zero-order valence-electron chi connectivity index (χ0n) is 13.0. The Bertz CT molecular complexity index is 884. The molecule has 2 N–H and O–H groups in total. The number of amides is 1. The van der Waals surface area contributed by atoms with Crippen LogP contribution in [-0.2, 0) is 4.79 Å². The lowest BCUT2D eigenvalue weighted by atomic mass is 10.1. The molecule has 24 heavy (non-hydrogen) atoms. The first-order chi connectivity index (χ1) is 11.6. The first kappa shape index (κ1) is 15.6. The topological polar surface area (TPSA) is 70.7 Å². The average Bonchev–Trinajstić information content (AvgIpc) is 3.02. The molecule has 3 rings (SSSR count). The Balaban J connectivity index is 1.66. The van der Waals surface area contributed by atoms with Crippen LogP contribution in [0.3, 0.4) is 0 Å². The van der Waals surface area contributed by atoms with E-state index in [1.165, 1.54) is 24.3 Å². The fourth-order valence-corrected chi connectivity index (χ4v) is 2.09. The third-order valence-corrected chi connectivity index (χ3v) is 3.32. The number of anilines is 1. The number of aryl methyl sites for hydroxylation is 1. The molecule has 0 saturated heterocycles. The van der Waals surface area contributed by atoms with Gasteiger partial charge in [0.25, 0.3) is 5.91 Å². The van der Waals surface area contributed by atoms with E-state index in [9.17, 15) is 9.18 Å². The molecule has 3 aromatic rings. The highest BCUT2D eigenvalue weighted by atomic mass is 19.1. The van der Waals surface area contributed by atoms with Crippen LogP contribution in [-0.4, -0.2) is 21.1 Å². The third-order valence-electron chi connectivity index (χ3n) is 3.32. The number of hydrogen-bond donors (Lipinski definition) is 2. The van der Waals surface area contributed by atoms with Crippen molar-refractivity contribution in [2.45, 2.75) is 6.92 Å². The van der Waals surface area contributed by atoms with Crippen molar-refractivity contribution in [3.8, 4) is 11.4 Å². The van der Waals surface area contributed by atoms with Crippen molar-refractivity contribution in [2.24, 2.45) is 0 Å². The molecule has 1 heterocycles. The smallest absolute Gasteiger partial charge is 0.250 e. The summed E-state index contributed by atoms with van der Waals surface area (Å²) in [4.78, 5) is 16.1. The van der Waals surface area contributed by atoms with Gasteiger partial charge in [-0.15, -0.1) is 5.10 Å². The molecule has 0 radical (unpaired) electrons. The van der Waals surface area contributed by atoms with E-state index in [1.807, 2.05) is 31.2 Å². The van der Waals surface area contributed by atoms with Gasteiger partial charge in [-0.2, -0.15) is 4.98 Å². The van der Waals surface area contributed by atoms with E-state index in [1.54, 1.807) is 12.1 Å². The van der Waals surface area contributed by atoms with Crippen LogP contribution in [0, 0.1) is 12.7 Å². The van der Waals surface area contributed by atoms with Crippen LogP contribution in [0.25, 0.3) is 17.5 Å². The molecule has 1 amide bonds. The van der Waals surface area contributed by atoms with Crippen LogP contribution in [0.5, 0.6) is 0 Å². The first-order valence-electron chi connectivity index (χ1n) is 7.34. The maximum atomic E-state index is 13.1. The van der Waals surface area contributed by atoms with Gasteiger partial charge in [0.15, 0.2) is 5.82 Å². The predicted octanol–water partition coefficient (Wildman–Crippen LogP) is 3.57. The molecule has 0 saturated carbocycles. The highest BCUT2D eigenvalue weighted by Crippen LogP contribution is 2.16. The molecule has 0 spiro atoms. The molecule has 120 valence electrons. The molecule has 2 aromatic carbocycles. The fraction of sp³-hybridized carbons (Fsp3) is 0.0556. The van der Waals surface area contributed by atoms with Gasteiger partial charge in [0, 0.05) is 11.6 Å². The van der Waals surface area contributed by atoms with Crippen molar-refractivity contribution >= 4 is 17.9 Å². The van der Waals surface area contributed by atoms with Crippen LogP contribution in [0.1, 0.15) is 11.1 Å². The van der Waals surface area contributed by atoms with Crippen LogP contribution in [0.4, 0.5) is 10.3 Å². The molecule has 0 bridgehead atoms. The highest BCUT2D eigenvalue weighted by molar-refractivity contribution is 6.00. The number of benzene rings is 2. The van der Waals surface area contributed by atoms with Gasteiger partial charge >= 0.3 is 0 Å². The molecule has 1 aromatic heterocycles. The number of halogens is 1. The minimum atomic E-state index is -0.395. The van der Waals surface area contributed by atoms with E-state index in [4.69, 9.17) is 0 Å². The van der Waals surface area contributed by atoms with Crippen molar-refractivity contribution in [1.29, 1.82) is 0 Å². The number of carbonyl (C=O) groups is 1. The summed E-state index contributed by atoms with van der Waals surface area (Å²) in [5.74, 6) is 0.00172. The van der Waals surface area contributed by atoms with E-state index in [-0.39, 0.29) is 11.8 Å². The molecular weight excluding hydrogens is 307 g/mol. The number of hydrogen-bond acceptors (Lipinski definition) is 3. The van der Waals surface area contributed by atoms with Gasteiger partial charge in [0.2, 0.25) is 5.95 Å². The Kier molecular flexibility index (Phi) is 4.47. The molecule has 0 aliphatic rings. The van der Waals surface area contributed by atoms with Crippen molar-refractivity contribution < 1.29 is 9.18 Å². The van der Waals surface area contributed by atoms with Crippen LogP contribution in [0.2, 0.25) is 0 Å². The number of nitrogens with zero attached hydrogens (tertiary/aromatic N) is 2. The van der Waals surface area contributed by atoms with Gasteiger partial charge in [0.05, 0.1) is 0 Å². The van der Waals surface area contributed by atoms with Gasteiger partial charge in [-0.3, -0.25) is 15.2 Å². The monoisotopic (exact) mass is 322 g/mol. The molecule has 0 fully saturated rings. The summed E-state index contributed by atoms with van der Waals surface area (Å²) in [6, 6.07) is 13.8. The Morgan fingerprint density at radius 3 is 2.75 bits per heavy atom. The average molecular weight is 322 g/mol. The number of aromatic amines is 1. The van der Waals surface area contributed by atoms with Gasteiger partial charge in [-0.1, -0.05) is 42.0 Å². The normalized spacial score (nSPS) is 10.9. The summed E-state index contributed by atoms with van der Waals surface area (Å²) < 4.78 is 13.1. The third kappa shape index (κ3) is 3.92. The zero-order valence-corrected chi connectivity index (χ0v) is 13.0. The molecule has 0 atom stereocenters. The van der Waals surface area contributed by atoms with Crippen molar-refractivity contribution in [2.75, 3.05) is 5.32 Å². The Morgan fingerprint density at radius 1 is 1.21 bits per heavy atom. The Morgan fingerprint density at radius 2 is 2.00 bits per heavy atom. The second-order valence-corrected chi connectivity index (χ2v) is 5.25. The van der Waals surface area contributed by atoms with Gasteiger partial charge < -0.3 is 0 Å². The summed E-state index contributed by atoms with van der Waals surface area (Å²) >= 11 is 0.